The van der Waals surface area contributed by atoms with Gasteiger partial charge in [0.1, 0.15) is 0 Å². The molecular weight excluding hydrogens is 196 g/mol. The van der Waals surface area contributed by atoms with Gasteiger partial charge in [0.05, 0.1) is 0 Å². The number of hydrogen-bond acceptors (Lipinski definition) is 2. The predicted octanol–water partition coefficient (Wildman–Crippen LogP) is 1.96. The zero-order valence-electron chi connectivity index (χ0n) is 10.3. The molecule has 0 aromatic heterocycles. The third-order valence-electron chi connectivity index (χ3n) is 3.97. The number of piperidine rings is 1. The molecule has 90 valence electrons. The van der Waals surface area contributed by atoms with Crippen molar-refractivity contribution in [1.29, 1.82) is 0 Å². The van der Waals surface area contributed by atoms with Crippen molar-refractivity contribution in [3.8, 4) is 12.3 Å². The van der Waals surface area contributed by atoms with Crippen molar-refractivity contribution < 1.29 is 0 Å². The molecule has 1 atom stereocenters. The molecule has 16 heavy (non-hydrogen) atoms. The number of unbranched alkanes of at least 4 members (excludes halogenated alkanes) is 2. The van der Waals surface area contributed by atoms with E-state index in [1.165, 1.54) is 64.8 Å². The lowest BCUT2D eigenvalue weighted by Crippen LogP contribution is -2.54. The number of nitrogens with zero attached hydrogens (tertiary/aromatic N) is 2. The number of hydrogen-bond donors (Lipinski definition) is 0. The Hall–Kier alpha value is -0.520. The van der Waals surface area contributed by atoms with Crippen molar-refractivity contribution in [2.75, 3.05) is 32.7 Å². The highest BCUT2D eigenvalue weighted by Gasteiger charge is 2.28. The highest BCUT2D eigenvalue weighted by molar-refractivity contribution is 4.86. The largest absolute Gasteiger partial charge is 0.301 e. The SMILES string of the molecule is C#CCCCCN1CCN2CCCCC2C1. The summed E-state index contributed by atoms with van der Waals surface area (Å²) in [6.45, 7) is 6.46. The van der Waals surface area contributed by atoms with E-state index < -0.39 is 0 Å². The monoisotopic (exact) mass is 220 g/mol. The van der Waals surface area contributed by atoms with E-state index in [4.69, 9.17) is 6.42 Å². The Bertz CT molecular complexity index is 244. The number of rotatable bonds is 4. The Balaban J connectivity index is 1.67. The summed E-state index contributed by atoms with van der Waals surface area (Å²) in [4.78, 5) is 5.34. The van der Waals surface area contributed by atoms with Crippen molar-refractivity contribution >= 4 is 0 Å². The van der Waals surface area contributed by atoms with E-state index in [2.05, 4.69) is 15.7 Å². The fourth-order valence-electron chi connectivity index (χ4n) is 2.99. The second-order valence-corrected chi connectivity index (χ2v) is 5.15. The quantitative estimate of drug-likeness (QED) is 0.528. The van der Waals surface area contributed by atoms with Crippen LogP contribution in [-0.4, -0.2) is 48.6 Å². The van der Waals surface area contributed by atoms with Gasteiger partial charge in [0.15, 0.2) is 0 Å². The molecule has 0 bridgehead atoms. The molecule has 2 rings (SSSR count). The second kappa shape index (κ2) is 6.27. The first-order chi connectivity index (χ1) is 7.90. The first-order valence-corrected chi connectivity index (χ1v) is 6.80. The van der Waals surface area contributed by atoms with Gasteiger partial charge in [-0.3, -0.25) is 4.90 Å². The fourth-order valence-corrected chi connectivity index (χ4v) is 2.99. The second-order valence-electron chi connectivity index (χ2n) is 5.15. The Kier molecular flexibility index (Phi) is 4.69. The smallest absolute Gasteiger partial charge is 0.0223 e. The van der Waals surface area contributed by atoms with Gasteiger partial charge in [0.25, 0.3) is 0 Å². The van der Waals surface area contributed by atoms with Crippen LogP contribution in [0.25, 0.3) is 0 Å². The van der Waals surface area contributed by atoms with Crippen molar-refractivity contribution in [3.05, 3.63) is 0 Å². The molecular formula is C14H24N2. The van der Waals surface area contributed by atoms with Gasteiger partial charge in [-0.1, -0.05) is 6.42 Å². The first kappa shape index (κ1) is 12.0. The molecule has 2 fully saturated rings. The molecule has 2 aliphatic heterocycles. The Morgan fingerprint density at radius 2 is 2.06 bits per heavy atom. The van der Waals surface area contributed by atoms with Crippen LogP contribution in [0.5, 0.6) is 0 Å². The van der Waals surface area contributed by atoms with Gasteiger partial charge in [-0.2, -0.15) is 0 Å². The third kappa shape index (κ3) is 3.23. The first-order valence-electron chi connectivity index (χ1n) is 6.80. The fraction of sp³-hybridized carbons (Fsp3) is 0.857. The average molecular weight is 220 g/mol. The molecule has 0 amide bonds. The van der Waals surface area contributed by atoms with Gasteiger partial charge < -0.3 is 4.90 Å². The van der Waals surface area contributed by atoms with Gasteiger partial charge in [0, 0.05) is 32.1 Å². The summed E-state index contributed by atoms with van der Waals surface area (Å²) in [7, 11) is 0. The van der Waals surface area contributed by atoms with Crippen LogP contribution in [0.3, 0.4) is 0 Å². The maximum absolute atomic E-state index is 5.26. The van der Waals surface area contributed by atoms with Crippen LogP contribution in [0.2, 0.25) is 0 Å². The maximum atomic E-state index is 5.26. The van der Waals surface area contributed by atoms with Gasteiger partial charge in [-0.25, -0.2) is 0 Å². The van der Waals surface area contributed by atoms with Crippen molar-refractivity contribution in [2.45, 2.75) is 44.6 Å². The minimum absolute atomic E-state index is 0.857. The Morgan fingerprint density at radius 3 is 2.94 bits per heavy atom. The molecule has 0 aliphatic carbocycles. The minimum Gasteiger partial charge on any atom is -0.301 e. The highest BCUT2D eigenvalue weighted by Crippen LogP contribution is 2.21. The van der Waals surface area contributed by atoms with E-state index in [9.17, 15) is 0 Å². The number of fused-ring (bicyclic) bond motifs is 1. The highest BCUT2D eigenvalue weighted by atomic mass is 15.3. The van der Waals surface area contributed by atoms with E-state index >= 15 is 0 Å². The number of piperazine rings is 1. The minimum atomic E-state index is 0.857. The zero-order valence-corrected chi connectivity index (χ0v) is 10.3. The van der Waals surface area contributed by atoms with E-state index in [-0.39, 0.29) is 0 Å². The molecule has 2 heterocycles. The summed E-state index contributed by atoms with van der Waals surface area (Å²) >= 11 is 0. The lowest BCUT2D eigenvalue weighted by atomic mass is 9.99. The molecule has 0 N–H and O–H groups in total. The molecule has 0 aromatic rings. The van der Waals surface area contributed by atoms with Gasteiger partial charge in [0.2, 0.25) is 0 Å². The average Bonchev–Trinajstić information content (AvgIpc) is 2.34. The molecule has 0 saturated carbocycles. The topological polar surface area (TPSA) is 6.48 Å². The maximum Gasteiger partial charge on any atom is 0.0223 e. The van der Waals surface area contributed by atoms with Crippen LogP contribution in [0.15, 0.2) is 0 Å². The Labute approximate surface area is 100.0 Å². The molecule has 0 radical (unpaired) electrons. The van der Waals surface area contributed by atoms with Crippen LogP contribution >= 0.6 is 0 Å². The van der Waals surface area contributed by atoms with Gasteiger partial charge in [-0.05, 0) is 38.8 Å². The van der Waals surface area contributed by atoms with Crippen LogP contribution in [0, 0.1) is 12.3 Å². The third-order valence-corrected chi connectivity index (χ3v) is 3.97. The summed E-state index contributed by atoms with van der Waals surface area (Å²) < 4.78 is 0. The lowest BCUT2D eigenvalue weighted by molar-refractivity contribution is 0.0487. The van der Waals surface area contributed by atoms with Crippen LogP contribution in [-0.2, 0) is 0 Å². The normalized spacial score (nSPS) is 27.3. The summed E-state index contributed by atoms with van der Waals surface area (Å²) in [5.41, 5.74) is 0. The van der Waals surface area contributed by atoms with Gasteiger partial charge >= 0.3 is 0 Å². The summed E-state index contributed by atoms with van der Waals surface area (Å²) in [5, 5.41) is 0. The molecule has 1 unspecified atom stereocenters. The standard InChI is InChI=1S/C14H24N2/c1-2-3-4-6-9-15-11-12-16-10-7-5-8-14(16)13-15/h1,14H,3-13H2. The molecule has 0 spiro atoms. The van der Waals surface area contributed by atoms with Crippen LogP contribution in [0.1, 0.15) is 38.5 Å². The van der Waals surface area contributed by atoms with E-state index in [1.807, 2.05) is 0 Å². The Morgan fingerprint density at radius 1 is 1.12 bits per heavy atom. The molecule has 2 aliphatic rings. The van der Waals surface area contributed by atoms with E-state index in [0.29, 0.717) is 0 Å². The van der Waals surface area contributed by atoms with Crippen molar-refractivity contribution in [1.82, 2.24) is 9.80 Å². The zero-order chi connectivity index (χ0) is 11.2. The summed E-state index contributed by atoms with van der Waals surface area (Å²) in [5.74, 6) is 2.72. The van der Waals surface area contributed by atoms with Crippen LogP contribution in [0.4, 0.5) is 0 Å². The summed E-state index contributed by atoms with van der Waals surface area (Å²) in [6.07, 6.45) is 13.0. The molecule has 2 nitrogen and oxygen atoms in total. The number of terminal acetylenes is 1. The predicted molar refractivity (Wildman–Crippen MR) is 68.3 cm³/mol. The summed E-state index contributed by atoms with van der Waals surface area (Å²) in [6, 6.07) is 0.857. The molecule has 2 saturated heterocycles. The molecule has 0 aromatic carbocycles. The van der Waals surface area contributed by atoms with E-state index in [1.54, 1.807) is 0 Å². The lowest BCUT2D eigenvalue weighted by Gasteiger charge is -2.44. The van der Waals surface area contributed by atoms with E-state index in [0.717, 1.165) is 12.5 Å². The molecule has 2 heteroatoms. The van der Waals surface area contributed by atoms with Gasteiger partial charge in [-0.15, -0.1) is 12.3 Å². The van der Waals surface area contributed by atoms with Crippen molar-refractivity contribution in [3.63, 3.8) is 0 Å². The van der Waals surface area contributed by atoms with Crippen LogP contribution < -0.4 is 0 Å². The van der Waals surface area contributed by atoms with Crippen molar-refractivity contribution in [2.24, 2.45) is 0 Å².